The van der Waals surface area contributed by atoms with Gasteiger partial charge in [-0.3, -0.25) is 0 Å². The lowest BCUT2D eigenvalue weighted by Gasteiger charge is -2.13. The molecule has 0 aliphatic heterocycles. The third-order valence-electron chi connectivity index (χ3n) is 7.09. The second-order valence-electron chi connectivity index (χ2n) is 10.5. The fourth-order valence-corrected chi connectivity index (χ4v) is 4.80. The zero-order valence-electron chi connectivity index (χ0n) is 24.6. The number of aromatic nitrogens is 1. The van der Waals surface area contributed by atoms with Crippen molar-refractivity contribution in [3.05, 3.63) is 153 Å². The molecule has 0 atom stereocenters. The molecule has 4 heteroatoms. The number of nitrogens with zero attached hydrogens (tertiary/aromatic N) is 3. The minimum Gasteiger partial charge on any atom is -0.497 e. The summed E-state index contributed by atoms with van der Waals surface area (Å²) < 4.78 is 5.42. The van der Waals surface area contributed by atoms with Gasteiger partial charge in [-0.05, 0) is 94.3 Å². The van der Waals surface area contributed by atoms with Crippen molar-refractivity contribution in [2.24, 2.45) is 9.98 Å². The molecule has 0 saturated heterocycles. The highest BCUT2D eigenvalue weighted by atomic mass is 16.5. The van der Waals surface area contributed by atoms with Crippen LogP contribution in [0.25, 0.3) is 0 Å². The molecule has 0 spiro atoms. The monoisotopic (exact) mass is 537 g/mol. The van der Waals surface area contributed by atoms with Crippen molar-refractivity contribution in [1.29, 1.82) is 0 Å². The number of aliphatic imine (C=N–C) groups is 2. The normalized spacial score (nSPS) is 12.0. The fourth-order valence-electron chi connectivity index (χ4n) is 4.80. The summed E-state index contributed by atoms with van der Waals surface area (Å²) in [5.74, 6) is 0.795. The number of benzene rings is 4. The number of aryl methyl sites for hydroxylation is 5. The summed E-state index contributed by atoms with van der Waals surface area (Å²) in [6, 6.07) is 35.1. The minimum absolute atomic E-state index is 0.771. The number of rotatable bonds is 7. The molecule has 0 fully saturated rings. The predicted octanol–water partition coefficient (Wildman–Crippen LogP) is 8.97. The summed E-state index contributed by atoms with van der Waals surface area (Å²) in [5, 5.41) is 0. The van der Waals surface area contributed by atoms with Crippen molar-refractivity contribution in [1.82, 2.24) is 4.98 Å². The molecular formula is C37H35N3O. The maximum absolute atomic E-state index is 5.42. The predicted molar refractivity (Wildman–Crippen MR) is 171 cm³/mol. The summed E-state index contributed by atoms with van der Waals surface area (Å²) >= 11 is 0. The number of methoxy groups -OCH3 is 1. The van der Waals surface area contributed by atoms with Gasteiger partial charge in [0, 0.05) is 11.1 Å². The molecule has 0 aliphatic carbocycles. The lowest BCUT2D eigenvalue weighted by molar-refractivity contribution is 0.415. The van der Waals surface area contributed by atoms with Crippen LogP contribution in [0.5, 0.6) is 5.75 Å². The van der Waals surface area contributed by atoms with Crippen molar-refractivity contribution < 1.29 is 4.74 Å². The van der Waals surface area contributed by atoms with Crippen molar-refractivity contribution in [3.8, 4) is 5.75 Å². The molecule has 0 bridgehead atoms. The summed E-state index contributed by atoms with van der Waals surface area (Å²) in [4.78, 5) is 15.5. The minimum atomic E-state index is 0.771. The van der Waals surface area contributed by atoms with Crippen LogP contribution in [0.3, 0.4) is 0 Å². The zero-order valence-corrected chi connectivity index (χ0v) is 24.6. The van der Waals surface area contributed by atoms with E-state index in [1.807, 2.05) is 42.5 Å². The topological polar surface area (TPSA) is 46.8 Å². The first-order chi connectivity index (χ1) is 19.8. The van der Waals surface area contributed by atoms with Gasteiger partial charge in [0.15, 0.2) is 0 Å². The van der Waals surface area contributed by atoms with Crippen LogP contribution in [0, 0.1) is 34.6 Å². The van der Waals surface area contributed by atoms with E-state index in [9.17, 15) is 0 Å². The SMILES string of the molecule is COc1ccc(C(=Nc2ccc(C)cc2C)c2cccc(C(=Nc3ccc(C)cc3C)c3ccc(C)cc3)n2)cc1. The van der Waals surface area contributed by atoms with Crippen LogP contribution >= 0.6 is 0 Å². The van der Waals surface area contributed by atoms with Gasteiger partial charge < -0.3 is 4.74 Å². The molecule has 0 unspecified atom stereocenters. The van der Waals surface area contributed by atoms with Crippen LogP contribution in [0.4, 0.5) is 11.4 Å². The molecular weight excluding hydrogens is 502 g/mol. The van der Waals surface area contributed by atoms with Crippen molar-refractivity contribution in [2.45, 2.75) is 34.6 Å². The van der Waals surface area contributed by atoms with E-state index in [1.165, 1.54) is 16.7 Å². The third kappa shape index (κ3) is 6.50. The fraction of sp³-hybridized carbons (Fsp3) is 0.162. The molecule has 204 valence electrons. The molecule has 4 nitrogen and oxygen atoms in total. The molecule has 41 heavy (non-hydrogen) atoms. The van der Waals surface area contributed by atoms with E-state index < -0.39 is 0 Å². The van der Waals surface area contributed by atoms with Gasteiger partial charge in [-0.15, -0.1) is 0 Å². The Labute approximate surface area is 243 Å². The van der Waals surface area contributed by atoms with E-state index in [0.717, 1.165) is 62.2 Å². The highest BCUT2D eigenvalue weighted by Gasteiger charge is 2.15. The standard InChI is InChI=1S/C37H35N3O/c1-24-10-14-29(15-11-24)36(39-32-20-12-25(2)22-27(32)4)34-8-7-9-35(38-34)37(30-16-18-31(41-6)19-17-30)40-33-21-13-26(3)23-28(33)5/h7-23H,1-6H3. The number of pyridine rings is 1. The summed E-state index contributed by atoms with van der Waals surface area (Å²) in [7, 11) is 1.67. The quantitative estimate of drug-likeness (QED) is 0.195. The molecule has 5 rings (SSSR count). The zero-order chi connectivity index (χ0) is 28.9. The number of ether oxygens (including phenoxy) is 1. The van der Waals surface area contributed by atoms with Crippen LogP contribution in [0.15, 0.2) is 113 Å². The van der Waals surface area contributed by atoms with Crippen molar-refractivity contribution in [3.63, 3.8) is 0 Å². The largest absolute Gasteiger partial charge is 0.497 e. The van der Waals surface area contributed by atoms with Crippen LogP contribution < -0.4 is 4.74 Å². The average Bonchev–Trinajstić information content (AvgIpc) is 2.97. The van der Waals surface area contributed by atoms with Crippen LogP contribution in [0.2, 0.25) is 0 Å². The van der Waals surface area contributed by atoms with Gasteiger partial charge >= 0.3 is 0 Å². The van der Waals surface area contributed by atoms with E-state index in [4.69, 9.17) is 19.7 Å². The second-order valence-corrected chi connectivity index (χ2v) is 10.5. The van der Waals surface area contributed by atoms with Crippen LogP contribution in [0.1, 0.15) is 50.3 Å². The highest BCUT2D eigenvalue weighted by molar-refractivity contribution is 6.16. The molecule has 0 aliphatic rings. The van der Waals surface area contributed by atoms with Crippen LogP contribution in [-0.2, 0) is 0 Å². The van der Waals surface area contributed by atoms with Crippen LogP contribution in [-0.4, -0.2) is 23.5 Å². The molecule has 1 heterocycles. The smallest absolute Gasteiger partial charge is 0.118 e. The maximum atomic E-state index is 5.42. The summed E-state index contributed by atoms with van der Waals surface area (Å²) in [5.41, 5.74) is 12.8. The van der Waals surface area contributed by atoms with Gasteiger partial charge in [-0.2, -0.15) is 0 Å². The summed E-state index contributed by atoms with van der Waals surface area (Å²) in [6.45, 7) is 10.5. The second kappa shape index (κ2) is 12.1. The maximum Gasteiger partial charge on any atom is 0.118 e. The Hall–Kier alpha value is -4.83. The Bertz CT molecular complexity index is 1750. The molecule has 1 aromatic heterocycles. The Kier molecular flexibility index (Phi) is 8.21. The highest BCUT2D eigenvalue weighted by Crippen LogP contribution is 2.26. The Morgan fingerprint density at radius 3 is 1.41 bits per heavy atom. The first-order valence-electron chi connectivity index (χ1n) is 13.8. The number of hydrogen-bond donors (Lipinski definition) is 0. The van der Waals surface area contributed by atoms with Gasteiger partial charge in [-0.1, -0.05) is 71.3 Å². The van der Waals surface area contributed by atoms with E-state index in [1.54, 1.807) is 7.11 Å². The summed E-state index contributed by atoms with van der Waals surface area (Å²) in [6.07, 6.45) is 0. The molecule has 0 radical (unpaired) electrons. The molecule has 0 amide bonds. The average molecular weight is 538 g/mol. The molecule has 4 aromatic carbocycles. The molecule has 0 saturated carbocycles. The van der Waals surface area contributed by atoms with E-state index in [2.05, 4.69) is 95.3 Å². The number of hydrogen-bond acceptors (Lipinski definition) is 4. The lowest BCUT2D eigenvalue weighted by atomic mass is 10.0. The van der Waals surface area contributed by atoms with Gasteiger partial charge in [0.05, 0.1) is 41.3 Å². The third-order valence-corrected chi connectivity index (χ3v) is 7.09. The van der Waals surface area contributed by atoms with E-state index in [-0.39, 0.29) is 0 Å². The Morgan fingerprint density at radius 1 is 0.537 bits per heavy atom. The van der Waals surface area contributed by atoms with E-state index >= 15 is 0 Å². The van der Waals surface area contributed by atoms with Crippen molar-refractivity contribution in [2.75, 3.05) is 7.11 Å². The first kappa shape index (κ1) is 27.7. The van der Waals surface area contributed by atoms with Gasteiger partial charge in [-0.25, -0.2) is 15.0 Å². The first-order valence-corrected chi connectivity index (χ1v) is 13.8. The van der Waals surface area contributed by atoms with Gasteiger partial charge in [0.25, 0.3) is 0 Å². The van der Waals surface area contributed by atoms with Crippen molar-refractivity contribution >= 4 is 22.8 Å². The Morgan fingerprint density at radius 2 is 0.976 bits per heavy atom. The lowest BCUT2D eigenvalue weighted by Crippen LogP contribution is -2.12. The molecule has 0 N–H and O–H groups in total. The van der Waals surface area contributed by atoms with E-state index in [0.29, 0.717) is 0 Å². The van der Waals surface area contributed by atoms with Gasteiger partial charge in [0.2, 0.25) is 0 Å². The molecule has 5 aromatic rings. The Balaban J connectivity index is 1.69. The van der Waals surface area contributed by atoms with Gasteiger partial charge in [0.1, 0.15) is 5.75 Å².